The Kier molecular flexibility index (Phi) is 6.59. The van der Waals surface area contributed by atoms with Gasteiger partial charge in [0, 0.05) is 17.3 Å². The van der Waals surface area contributed by atoms with Crippen molar-refractivity contribution in [1.29, 1.82) is 0 Å². The van der Waals surface area contributed by atoms with Crippen LogP contribution in [-0.2, 0) is 16.1 Å². The number of nitrogens with zero attached hydrogens (tertiary/aromatic N) is 3. The number of anilines is 2. The third-order valence-electron chi connectivity index (χ3n) is 6.02. The maximum absolute atomic E-state index is 13.3. The zero-order valence-corrected chi connectivity index (χ0v) is 18.2. The number of ketones is 1. The van der Waals surface area contributed by atoms with Crippen molar-refractivity contribution >= 4 is 40.7 Å². The zero-order chi connectivity index (χ0) is 22.8. The van der Waals surface area contributed by atoms with Crippen molar-refractivity contribution in [3.8, 4) is 0 Å². The van der Waals surface area contributed by atoms with Crippen LogP contribution in [0.25, 0.3) is 0 Å². The SMILES string of the molecule is O=C1C(=O)N(C(CC2CCCC2)C(=O)Nc2ccn(CC(O)CO)n2)c2ccc(Cl)cc21. The van der Waals surface area contributed by atoms with Gasteiger partial charge in [-0.3, -0.25) is 24.0 Å². The molecule has 2 amide bonds. The Morgan fingerprint density at radius 1 is 1.25 bits per heavy atom. The number of carbonyl (C=O) groups excluding carboxylic acids is 3. The molecule has 32 heavy (non-hydrogen) atoms. The number of rotatable bonds is 8. The van der Waals surface area contributed by atoms with Crippen molar-refractivity contribution in [2.24, 2.45) is 5.92 Å². The summed E-state index contributed by atoms with van der Waals surface area (Å²) < 4.78 is 1.41. The van der Waals surface area contributed by atoms with E-state index in [4.69, 9.17) is 16.7 Å². The first-order chi connectivity index (χ1) is 15.4. The van der Waals surface area contributed by atoms with Crippen molar-refractivity contribution in [2.45, 2.75) is 50.8 Å². The van der Waals surface area contributed by atoms with E-state index in [1.165, 1.54) is 15.6 Å². The van der Waals surface area contributed by atoms with Gasteiger partial charge in [0.2, 0.25) is 5.91 Å². The number of carbonyl (C=O) groups is 3. The van der Waals surface area contributed by atoms with Crippen molar-refractivity contribution in [1.82, 2.24) is 9.78 Å². The van der Waals surface area contributed by atoms with Crippen molar-refractivity contribution in [3.05, 3.63) is 41.0 Å². The van der Waals surface area contributed by atoms with E-state index in [0.717, 1.165) is 25.7 Å². The molecule has 2 aliphatic rings. The van der Waals surface area contributed by atoms with Crippen LogP contribution in [0.4, 0.5) is 11.5 Å². The third kappa shape index (κ3) is 4.55. The highest BCUT2D eigenvalue weighted by Gasteiger charge is 2.43. The second-order valence-corrected chi connectivity index (χ2v) is 8.75. The molecule has 1 aromatic heterocycles. The van der Waals surface area contributed by atoms with Gasteiger partial charge in [0.1, 0.15) is 6.04 Å². The number of hydrogen-bond donors (Lipinski definition) is 3. The number of halogens is 1. The quantitative estimate of drug-likeness (QED) is 0.517. The average Bonchev–Trinajstić information content (AvgIpc) is 3.49. The minimum Gasteiger partial charge on any atom is -0.394 e. The molecule has 0 radical (unpaired) electrons. The average molecular weight is 461 g/mol. The molecule has 10 heteroatoms. The van der Waals surface area contributed by atoms with Gasteiger partial charge < -0.3 is 15.5 Å². The van der Waals surface area contributed by atoms with Gasteiger partial charge in [0.15, 0.2) is 5.82 Å². The molecule has 3 N–H and O–H groups in total. The minimum absolute atomic E-state index is 0.0745. The second-order valence-electron chi connectivity index (χ2n) is 8.32. The van der Waals surface area contributed by atoms with Crippen LogP contribution in [0.2, 0.25) is 5.02 Å². The maximum atomic E-state index is 13.3. The molecule has 1 aliphatic carbocycles. The Bertz CT molecular complexity index is 1030. The molecule has 2 heterocycles. The summed E-state index contributed by atoms with van der Waals surface area (Å²) in [6, 6.07) is 5.35. The first kappa shape index (κ1) is 22.4. The Morgan fingerprint density at radius 3 is 2.72 bits per heavy atom. The molecule has 9 nitrogen and oxygen atoms in total. The van der Waals surface area contributed by atoms with Crippen molar-refractivity contribution < 1.29 is 24.6 Å². The lowest BCUT2D eigenvalue weighted by Crippen LogP contribution is -2.48. The van der Waals surface area contributed by atoms with Crippen LogP contribution >= 0.6 is 11.6 Å². The smallest absolute Gasteiger partial charge is 0.300 e. The molecule has 1 aliphatic heterocycles. The van der Waals surface area contributed by atoms with E-state index < -0.39 is 36.4 Å². The van der Waals surface area contributed by atoms with Gasteiger partial charge in [-0.15, -0.1) is 0 Å². The number of aliphatic hydroxyl groups excluding tert-OH is 2. The highest BCUT2D eigenvalue weighted by Crippen LogP contribution is 2.37. The maximum Gasteiger partial charge on any atom is 0.300 e. The summed E-state index contributed by atoms with van der Waals surface area (Å²) in [5, 5.41) is 25.8. The van der Waals surface area contributed by atoms with E-state index in [1.54, 1.807) is 24.4 Å². The molecule has 0 spiro atoms. The fraction of sp³-hybridized carbons (Fsp3) is 0.455. The largest absolute Gasteiger partial charge is 0.394 e. The van der Waals surface area contributed by atoms with Crippen LogP contribution in [0.3, 0.4) is 0 Å². The van der Waals surface area contributed by atoms with E-state index in [9.17, 15) is 19.5 Å². The predicted octanol–water partition coefficient (Wildman–Crippen LogP) is 2.01. The number of nitrogens with one attached hydrogen (secondary N) is 1. The molecule has 4 rings (SSSR count). The lowest BCUT2D eigenvalue weighted by atomic mass is 9.96. The van der Waals surface area contributed by atoms with Crippen LogP contribution in [-0.4, -0.2) is 56.3 Å². The number of aliphatic hydroxyl groups is 2. The summed E-state index contributed by atoms with van der Waals surface area (Å²) in [6.07, 6.45) is 5.15. The van der Waals surface area contributed by atoms with Crippen molar-refractivity contribution in [3.63, 3.8) is 0 Å². The Balaban J connectivity index is 1.59. The summed E-state index contributed by atoms with van der Waals surface area (Å²) in [6.45, 7) is -0.329. The van der Waals surface area contributed by atoms with Crippen molar-refractivity contribution in [2.75, 3.05) is 16.8 Å². The summed E-state index contributed by atoms with van der Waals surface area (Å²) in [5.41, 5.74) is 0.591. The van der Waals surface area contributed by atoms with E-state index in [1.807, 2.05) is 0 Å². The van der Waals surface area contributed by atoms with E-state index in [-0.39, 0.29) is 23.8 Å². The lowest BCUT2D eigenvalue weighted by molar-refractivity contribution is -0.121. The number of aromatic nitrogens is 2. The Morgan fingerprint density at radius 2 is 2.00 bits per heavy atom. The number of amides is 2. The fourth-order valence-electron chi connectivity index (χ4n) is 4.45. The van der Waals surface area contributed by atoms with Crippen LogP contribution < -0.4 is 10.2 Å². The van der Waals surface area contributed by atoms with Crippen LogP contribution in [0.15, 0.2) is 30.5 Å². The molecule has 0 saturated heterocycles. The summed E-state index contributed by atoms with van der Waals surface area (Å²) in [4.78, 5) is 40.1. The molecule has 1 aromatic carbocycles. The van der Waals surface area contributed by atoms with Crippen LogP contribution in [0.1, 0.15) is 42.5 Å². The summed E-state index contributed by atoms with van der Waals surface area (Å²) >= 11 is 6.01. The predicted molar refractivity (Wildman–Crippen MR) is 118 cm³/mol. The van der Waals surface area contributed by atoms with E-state index in [0.29, 0.717) is 17.1 Å². The molecule has 1 saturated carbocycles. The molecule has 0 bridgehead atoms. The normalized spacial score (nSPS) is 18.2. The van der Waals surface area contributed by atoms with Gasteiger partial charge in [-0.1, -0.05) is 37.3 Å². The standard InChI is InChI=1S/C22H25ClN4O5/c23-14-5-6-17-16(10-14)20(30)22(32)27(17)18(9-13-3-1-2-4-13)21(31)24-19-7-8-26(25-19)11-15(29)12-28/h5-8,10,13,15,18,28-29H,1-4,9,11-12H2,(H,24,25,31). The highest BCUT2D eigenvalue weighted by molar-refractivity contribution is 6.53. The number of Topliss-reactive ketones (excluding diaryl/α,β-unsaturated/α-hetero) is 1. The first-order valence-corrected chi connectivity index (χ1v) is 11.1. The zero-order valence-electron chi connectivity index (χ0n) is 17.4. The highest BCUT2D eigenvalue weighted by atomic mass is 35.5. The first-order valence-electron chi connectivity index (χ1n) is 10.7. The molecular formula is C22H25ClN4O5. The number of benzene rings is 1. The van der Waals surface area contributed by atoms with E-state index in [2.05, 4.69) is 10.4 Å². The minimum atomic E-state index is -0.967. The van der Waals surface area contributed by atoms with Gasteiger partial charge in [0.05, 0.1) is 30.5 Å². The molecule has 2 aromatic rings. The topological polar surface area (TPSA) is 125 Å². The van der Waals surface area contributed by atoms with Gasteiger partial charge in [-0.05, 0) is 30.5 Å². The fourth-order valence-corrected chi connectivity index (χ4v) is 4.62. The Hall–Kier alpha value is -2.75. The lowest BCUT2D eigenvalue weighted by Gasteiger charge is -2.29. The summed E-state index contributed by atoms with van der Waals surface area (Å²) in [5.74, 6) is -1.31. The summed E-state index contributed by atoms with van der Waals surface area (Å²) in [7, 11) is 0. The second kappa shape index (κ2) is 9.40. The van der Waals surface area contributed by atoms with Gasteiger partial charge >= 0.3 is 0 Å². The van der Waals surface area contributed by atoms with Gasteiger partial charge in [0.25, 0.3) is 11.7 Å². The number of hydrogen-bond acceptors (Lipinski definition) is 6. The number of fused-ring (bicyclic) bond motifs is 1. The molecule has 2 atom stereocenters. The molecule has 1 fully saturated rings. The Labute approximate surface area is 190 Å². The van der Waals surface area contributed by atoms with Gasteiger partial charge in [-0.2, -0.15) is 5.10 Å². The van der Waals surface area contributed by atoms with Gasteiger partial charge in [-0.25, -0.2) is 0 Å². The molecular weight excluding hydrogens is 436 g/mol. The van der Waals surface area contributed by atoms with Crippen LogP contribution in [0, 0.1) is 5.92 Å². The molecule has 2 unspecified atom stereocenters. The molecule has 170 valence electrons. The van der Waals surface area contributed by atoms with Crippen LogP contribution in [0.5, 0.6) is 0 Å². The van der Waals surface area contributed by atoms with E-state index >= 15 is 0 Å². The monoisotopic (exact) mass is 460 g/mol. The third-order valence-corrected chi connectivity index (χ3v) is 6.26.